The predicted octanol–water partition coefficient (Wildman–Crippen LogP) is 4.19. The largest absolute Gasteiger partial charge is 0.312 e. The second-order valence-corrected chi connectivity index (χ2v) is 6.13. The number of benzene rings is 1. The van der Waals surface area contributed by atoms with Crippen molar-refractivity contribution in [2.45, 2.75) is 52.0 Å². The Labute approximate surface area is 125 Å². The summed E-state index contributed by atoms with van der Waals surface area (Å²) >= 11 is 0. The van der Waals surface area contributed by atoms with E-state index in [1.807, 2.05) is 0 Å². The highest BCUT2D eigenvalue weighted by Gasteiger charge is 2.12. The Morgan fingerprint density at radius 1 is 1.05 bits per heavy atom. The number of hydrogen-bond acceptors (Lipinski definition) is 2. The smallest absolute Gasteiger partial charge is 0.0446 e. The first-order chi connectivity index (χ1) is 9.58. The summed E-state index contributed by atoms with van der Waals surface area (Å²) in [7, 11) is 4.28. The maximum atomic E-state index is 3.45. The van der Waals surface area contributed by atoms with Crippen LogP contribution in [-0.2, 0) is 0 Å². The molecule has 1 N–H and O–H groups in total. The van der Waals surface area contributed by atoms with E-state index in [1.165, 1.54) is 36.9 Å². The number of rotatable bonds is 9. The summed E-state index contributed by atoms with van der Waals surface area (Å²) in [5.41, 5.74) is 2.80. The molecule has 1 aromatic carbocycles. The zero-order valence-electron chi connectivity index (χ0n) is 13.9. The minimum absolute atomic E-state index is 0.419. The van der Waals surface area contributed by atoms with E-state index in [1.54, 1.807) is 0 Å². The van der Waals surface area contributed by atoms with Crippen molar-refractivity contribution in [1.82, 2.24) is 10.2 Å². The summed E-state index contributed by atoms with van der Waals surface area (Å²) in [5.74, 6) is 0.605. The van der Waals surface area contributed by atoms with Gasteiger partial charge in [-0.1, -0.05) is 57.9 Å². The van der Waals surface area contributed by atoms with Crippen molar-refractivity contribution in [2.24, 2.45) is 0 Å². The zero-order chi connectivity index (χ0) is 15.0. The van der Waals surface area contributed by atoms with E-state index in [-0.39, 0.29) is 0 Å². The van der Waals surface area contributed by atoms with Crippen molar-refractivity contribution >= 4 is 0 Å². The Bertz CT molecular complexity index is 356. The highest BCUT2D eigenvalue weighted by molar-refractivity contribution is 5.27. The maximum absolute atomic E-state index is 3.45. The van der Waals surface area contributed by atoms with Crippen LogP contribution >= 0.6 is 0 Å². The van der Waals surface area contributed by atoms with Crippen molar-refractivity contribution in [3.8, 4) is 0 Å². The molecule has 0 aliphatic rings. The third kappa shape index (κ3) is 5.64. The van der Waals surface area contributed by atoms with Gasteiger partial charge in [0.15, 0.2) is 0 Å². The van der Waals surface area contributed by atoms with E-state index in [4.69, 9.17) is 0 Å². The lowest BCUT2D eigenvalue weighted by molar-refractivity contribution is 0.290. The van der Waals surface area contributed by atoms with E-state index >= 15 is 0 Å². The van der Waals surface area contributed by atoms with Gasteiger partial charge in [0.25, 0.3) is 0 Å². The molecule has 0 amide bonds. The highest BCUT2D eigenvalue weighted by Crippen LogP contribution is 2.19. The number of nitrogens with zero attached hydrogens (tertiary/aromatic N) is 1. The minimum Gasteiger partial charge on any atom is -0.312 e. The average Bonchev–Trinajstić information content (AvgIpc) is 2.45. The molecular weight excluding hydrogens is 244 g/mol. The van der Waals surface area contributed by atoms with Crippen LogP contribution in [0.2, 0.25) is 0 Å². The Hall–Kier alpha value is -0.860. The molecule has 20 heavy (non-hydrogen) atoms. The molecule has 0 aromatic heterocycles. The first-order valence-electron chi connectivity index (χ1n) is 8.04. The number of unbranched alkanes of at least 4 members (excludes halogenated alkanes) is 2. The lowest BCUT2D eigenvalue weighted by atomic mass is 9.99. The molecule has 114 valence electrons. The quantitative estimate of drug-likeness (QED) is 0.680. The molecule has 0 aliphatic heterocycles. The van der Waals surface area contributed by atoms with E-state index in [9.17, 15) is 0 Å². The molecule has 0 fully saturated rings. The molecule has 0 saturated heterocycles. The Morgan fingerprint density at radius 2 is 1.65 bits per heavy atom. The van der Waals surface area contributed by atoms with Crippen LogP contribution in [0.15, 0.2) is 24.3 Å². The molecule has 0 aliphatic carbocycles. The standard InChI is InChI=1S/C18H32N2/c1-6-7-8-13-20(5)14-18(19-4)17-11-9-16(10-12-17)15(2)3/h9-12,15,18-19H,6-8,13-14H2,1-5H3. The Balaban J connectivity index is 2.56. The van der Waals surface area contributed by atoms with Gasteiger partial charge < -0.3 is 10.2 Å². The van der Waals surface area contributed by atoms with Crippen LogP contribution in [0.25, 0.3) is 0 Å². The minimum atomic E-state index is 0.419. The fourth-order valence-corrected chi connectivity index (χ4v) is 2.51. The summed E-state index contributed by atoms with van der Waals surface area (Å²) in [4.78, 5) is 2.44. The van der Waals surface area contributed by atoms with Crippen LogP contribution in [0.1, 0.15) is 63.1 Å². The number of nitrogens with one attached hydrogen (secondary N) is 1. The second-order valence-electron chi connectivity index (χ2n) is 6.13. The topological polar surface area (TPSA) is 15.3 Å². The predicted molar refractivity (Wildman–Crippen MR) is 89.4 cm³/mol. The highest BCUT2D eigenvalue weighted by atomic mass is 15.1. The molecule has 0 spiro atoms. The molecule has 1 unspecified atom stereocenters. The Kier molecular flexibility index (Phi) is 7.86. The van der Waals surface area contributed by atoms with Crippen molar-refractivity contribution < 1.29 is 0 Å². The van der Waals surface area contributed by atoms with E-state index in [2.05, 4.69) is 69.3 Å². The third-order valence-corrected chi connectivity index (χ3v) is 3.99. The van der Waals surface area contributed by atoms with Gasteiger partial charge in [-0.05, 0) is 44.1 Å². The number of hydrogen-bond donors (Lipinski definition) is 1. The molecule has 0 radical (unpaired) electrons. The number of likely N-dealkylation sites (N-methyl/N-ethyl adjacent to an activating group) is 2. The van der Waals surface area contributed by atoms with Gasteiger partial charge in [0.1, 0.15) is 0 Å². The summed E-state index contributed by atoms with van der Waals surface area (Å²) < 4.78 is 0. The normalized spacial score (nSPS) is 13.2. The van der Waals surface area contributed by atoms with E-state index < -0.39 is 0 Å². The molecular formula is C18H32N2. The molecule has 0 saturated carbocycles. The monoisotopic (exact) mass is 276 g/mol. The maximum Gasteiger partial charge on any atom is 0.0446 e. The molecule has 1 rings (SSSR count). The molecule has 0 bridgehead atoms. The van der Waals surface area contributed by atoms with Crippen LogP contribution < -0.4 is 5.32 Å². The van der Waals surface area contributed by atoms with Crippen molar-refractivity contribution in [3.63, 3.8) is 0 Å². The summed E-state index contributed by atoms with van der Waals surface area (Å²) in [6, 6.07) is 9.50. The summed E-state index contributed by atoms with van der Waals surface area (Å²) in [5, 5.41) is 3.45. The fourth-order valence-electron chi connectivity index (χ4n) is 2.51. The molecule has 0 heterocycles. The molecule has 1 aromatic rings. The van der Waals surface area contributed by atoms with Gasteiger partial charge >= 0.3 is 0 Å². The van der Waals surface area contributed by atoms with Crippen LogP contribution in [-0.4, -0.2) is 32.1 Å². The van der Waals surface area contributed by atoms with Crippen molar-refractivity contribution in [3.05, 3.63) is 35.4 Å². The van der Waals surface area contributed by atoms with Crippen LogP contribution in [0.4, 0.5) is 0 Å². The first-order valence-corrected chi connectivity index (χ1v) is 8.04. The molecule has 2 heteroatoms. The van der Waals surface area contributed by atoms with Crippen molar-refractivity contribution in [1.29, 1.82) is 0 Å². The van der Waals surface area contributed by atoms with Gasteiger partial charge in [-0.15, -0.1) is 0 Å². The van der Waals surface area contributed by atoms with Crippen LogP contribution in [0.5, 0.6) is 0 Å². The zero-order valence-corrected chi connectivity index (χ0v) is 13.9. The first kappa shape index (κ1) is 17.2. The van der Waals surface area contributed by atoms with Gasteiger partial charge in [0.2, 0.25) is 0 Å². The van der Waals surface area contributed by atoms with Crippen LogP contribution in [0, 0.1) is 0 Å². The van der Waals surface area contributed by atoms with Crippen LogP contribution in [0.3, 0.4) is 0 Å². The summed E-state index contributed by atoms with van der Waals surface area (Å²) in [6.07, 6.45) is 3.92. The van der Waals surface area contributed by atoms with Gasteiger partial charge in [-0.25, -0.2) is 0 Å². The fraction of sp³-hybridized carbons (Fsp3) is 0.667. The van der Waals surface area contributed by atoms with Gasteiger partial charge in [0.05, 0.1) is 0 Å². The molecule has 1 atom stereocenters. The average molecular weight is 276 g/mol. The second kappa shape index (κ2) is 9.15. The van der Waals surface area contributed by atoms with Gasteiger partial charge in [-0.3, -0.25) is 0 Å². The lowest BCUT2D eigenvalue weighted by Gasteiger charge is -2.24. The van der Waals surface area contributed by atoms with Gasteiger partial charge in [-0.2, -0.15) is 0 Å². The van der Waals surface area contributed by atoms with Crippen molar-refractivity contribution in [2.75, 3.05) is 27.2 Å². The van der Waals surface area contributed by atoms with E-state index in [0.717, 1.165) is 6.54 Å². The lowest BCUT2D eigenvalue weighted by Crippen LogP contribution is -2.31. The SMILES string of the molecule is CCCCCN(C)CC(NC)c1ccc(C(C)C)cc1. The van der Waals surface area contributed by atoms with E-state index in [0.29, 0.717) is 12.0 Å². The molecule has 2 nitrogen and oxygen atoms in total. The third-order valence-electron chi connectivity index (χ3n) is 3.99. The Morgan fingerprint density at radius 3 is 2.15 bits per heavy atom. The summed E-state index contributed by atoms with van der Waals surface area (Å²) in [6.45, 7) is 9.00. The van der Waals surface area contributed by atoms with Gasteiger partial charge in [0, 0.05) is 12.6 Å².